The lowest BCUT2D eigenvalue weighted by atomic mass is 10.3. The molecule has 2 rings (SSSR count). The topological polar surface area (TPSA) is 72.2 Å². The Morgan fingerprint density at radius 2 is 1.84 bits per heavy atom. The molecule has 0 aromatic heterocycles. The van der Waals surface area contributed by atoms with Crippen molar-refractivity contribution in [1.82, 2.24) is 0 Å². The van der Waals surface area contributed by atoms with E-state index in [9.17, 15) is 12.8 Å². The van der Waals surface area contributed by atoms with E-state index in [1.165, 1.54) is 30.3 Å². The molecule has 4 nitrogen and oxygen atoms in total. The van der Waals surface area contributed by atoms with Gasteiger partial charge < -0.3 is 5.73 Å². The highest BCUT2D eigenvalue weighted by molar-refractivity contribution is 7.92. The van der Waals surface area contributed by atoms with Crippen LogP contribution in [0.4, 0.5) is 15.8 Å². The van der Waals surface area contributed by atoms with Crippen LogP contribution in [0, 0.1) is 5.82 Å². The summed E-state index contributed by atoms with van der Waals surface area (Å²) in [5.41, 5.74) is 5.49. The normalized spacial score (nSPS) is 11.3. The third kappa shape index (κ3) is 2.97. The second-order valence-corrected chi connectivity index (χ2v) is 5.85. The second-order valence-electron chi connectivity index (χ2n) is 3.77. The molecule has 2 aromatic rings. The van der Waals surface area contributed by atoms with E-state index in [0.717, 1.165) is 6.07 Å². The molecule has 7 heteroatoms. The van der Waals surface area contributed by atoms with Crippen molar-refractivity contribution in [3.05, 3.63) is 53.3 Å². The Morgan fingerprint density at radius 1 is 1.16 bits per heavy atom. The first-order chi connectivity index (χ1) is 8.90. The van der Waals surface area contributed by atoms with Crippen molar-refractivity contribution in [2.75, 3.05) is 10.5 Å². The van der Waals surface area contributed by atoms with Crippen LogP contribution in [0.15, 0.2) is 47.4 Å². The van der Waals surface area contributed by atoms with E-state index in [1.807, 2.05) is 0 Å². The number of para-hydroxylation sites is 1. The van der Waals surface area contributed by atoms with E-state index in [4.69, 9.17) is 17.3 Å². The quantitative estimate of drug-likeness (QED) is 0.856. The number of sulfonamides is 1. The van der Waals surface area contributed by atoms with Gasteiger partial charge in [0.05, 0.1) is 11.4 Å². The molecule has 0 atom stereocenters. The first-order valence-electron chi connectivity index (χ1n) is 5.22. The molecule has 0 heterocycles. The van der Waals surface area contributed by atoms with E-state index in [1.54, 1.807) is 6.07 Å². The van der Waals surface area contributed by atoms with Gasteiger partial charge in [0.15, 0.2) is 0 Å². The Balaban J connectivity index is 2.40. The minimum Gasteiger partial charge on any atom is -0.398 e. The number of nitrogen functional groups attached to an aromatic ring is 1. The van der Waals surface area contributed by atoms with Crippen LogP contribution in [0.25, 0.3) is 0 Å². The SMILES string of the molecule is Nc1ccccc1S(=O)(=O)Nc1ccc(Cl)cc1F. The number of anilines is 2. The molecular formula is C12H10ClFN2O2S. The lowest BCUT2D eigenvalue weighted by Gasteiger charge is -2.10. The minimum absolute atomic E-state index is 0.0874. The molecule has 0 unspecified atom stereocenters. The summed E-state index contributed by atoms with van der Waals surface area (Å²) in [5, 5.41) is 0.180. The maximum absolute atomic E-state index is 13.6. The molecule has 0 spiro atoms. The highest BCUT2D eigenvalue weighted by atomic mass is 35.5. The third-order valence-corrected chi connectivity index (χ3v) is 4.06. The van der Waals surface area contributed by atoms with Gasteiger partial charge in [0.1, 0.15) is 10.7 Å². The van der Waals surface area contributed by atoms with Crippen LogP contribution in [0.2, 0.25) is 5.02 Å². The first-order valence-corrected chi connectivity index (χ1v) is 7.08. The lowest BCUT2D eigenvalue weighted by Crippen LogP contribution is -2.15. The zero-order chi connectivity index (χ0) is 14.0. The van der Waals surface area contributed by atoms with Gasteiger partial charge in [-0.3, -0.25) is 4.72 Å². The molecule has 0 amide bonds. The van der Waals surface area contributed by atoms with Crippen molar-refractivity contribution in [3.63, 3.8) is 0 Å². The van der Waals surface area contributed by atoms with Crippen molar-refractivity contribution in [1.29, 1.82) is 0 Å². The summed E-state index contributed by atoms with van der Waals surface area (Å²) in [5.74, 6) is -0.759. The molecule has 0 fully saturated rings. The lowest BCUT2D eigenvalue weighted by molar-refractivity contribution is 0.599. The molecule has 19 heavy (non-hydrogen) atoms. The predicted molar refractivity (Wildman–Crippen MR) is 73.1 cm³/mol. The Hall–Kier alpha value is -1.79. The molecule has 3 N–H and O–H groups in total. The molecule has 0 saturated carbocycles. The number of rotatable bonds is 3. The van der Waals surface area contributed by atoms with Crippen LogP contribution in [0.3, 0.4) is 0 Å². The minimum atomic E-state index is -3.94. The predicted octanol–water partition coefficient (Wildman–Crippen LogP) is 2.86. The maximum Gasteiger partial charge on any atom is 0.264 e. The third-order valence-electron chi connectivity index (χ3n) is 2.38. The van der Waals surface area contributed by atoms with E-state index in [2.05, 4.69) is 4.72 Å². The second kappa shape index (κ2) is 5.07. The summed E-state index contributed by atoms with van der Waals surface area (Å²) in [6.07, 6.45) is 0. The summed E-state index contributed by atoms with van der Waals surface area (Å²) in [6, 6.07) is 9.58. The fourth-order valence-electron chi connectivity index (χ4n) is 1.50. The summed E-state index contributed by atoms with van der Waals surface area (Å²) < 4.78 is 39.8. The number of nitrogens with two attached hydrogens (primary N) is 1. The van der Waals surface area contributed by atoms with Crippen molar-refractivity contribution < 1.29 is 12.8 Å². The van der Waals surface area contributed by atoms with Gasteiger partial charge in [-0.15, -0.1) is 0 Å². The van der Waals surface area contributed by atoms with E-state index in [-0.39, 0.29) is 21.3 Å². The van der Waals surface area contributed by atoms with Gasteiger partial charge in [0.25, 0.3) is 10.0 Å². The van der Waals surface area contributed by atoms with Crippen molar-refractivity contribution in [2.24, 2.45) is 0 Å². The average Bonchev–Trinajstić information content (AvgIpc) is 2.33. The number of nitrogens with one attached hydrogen (secondary N) is 1. The Labute approximate surface area is 115 Å². The number of hydrogen-bond donors (Lipinski definition) is 2. The van der Waals surface area contributed by atoms with Gasteiger partial charge in [0, 0.05) is 5.02 Å². The van der Waals surface area contributed by atoms with Crippen LogP contribution in [-0.4, -0.2) is 8.42 Å². The van der Waals surface area contributed by atoms with Crippen LogP contribution in [0.1, 0.15) is 0 Å². The molecular weight excluding hydrogens is 291 g/mol. The number of hydrogen-bond acceptors (Lipinski definition) is 3. The standard InChI is InChI=1S/C12H10ClFN2O2S/c13-8-5-6-11(9(14)7-8)16-19(17,18)12-4-2-1-3-10(12)15/h1-7,16H,15H2. The molecule has 0 bridgehead atoms. The van der Waals surface area contributed by atoms with Gasteiger partial charge in [-0.05, 0) is 30.3 Å². The molecule has 0 aliphatic rings. The zero-order valence-corrected chi connectivity index (χ0v) is 11.2. The molecule has 0 aliphatic carbocycles. The highest BCUT2D eigenvalue weighted by Crippen LogP contribution is 2.24. The van der Waals surface area contributed by atoms with Crippen LogP contribution >= 0.6 is 11.6 Å². The van der Waals surface area contributed by atoms with Gasteiger partial charge in [0.2, 0.25) is 0 Å². The van der Waals surface area contributed by atoms with Gasteiger partial charge in [-0.1, -0.05) is 23.7 Å². The van der Waals surface area contributed by atoms with Crippen molar-refractivity contribution in [3.8, 4) is 0 Å². The van der Waals surface area contributed by atoms with Crippen molar-refractivity contribution >= 4 is 33.0 Å². The van der Waals surface area contributed by atoms with Crippen LogP contribution < -0.4 is 10.5 Å². The number of benzene rings is 2. The van der Waals surface area contributed by atoms with Crippen LogP contribution in [0.5, 0.6) is 0 Å². The Morgan fingerprint density at radius 3 is 2.47 bits per heavy atom. The van der Waals surface area contributed by atoms with Gasteiger partial charge in [-0.2, -0.15) is 0 Å². The fraction of sp³-hybridized carbons (Fsp3) is 0. The first kappa shape index (κ1) is 13.6. The molecule has 0 aliphatic heterocycles. The maximum atomic E-state index is 13.6. The van der Waals surface area contributed by atoms with E-state index >= 15 is 0 Å². The largest absolute Gasteiger partial charge is 0.398 e. The smallest absolute Gasteiger partial charge is 0.264 e. The van der Waals surface area contributed by atoms with Gasteiger partial charge >= 0.3 is 0 Å². The van der Waals surface area contributed by atoms with Crippen molar-refractivity contribution in [2.45, 2.75) is 4.90 Å². The van der Waals surface area contributed by atoms with E-state index in [0.29, 0.717) is 0 Å². The fourth-order valence-corrected chi connectivity index (χ4v) is 2.86. The highest BCUT2D eigenvalue weighted by Gasteiger charge is 2.18. The van der Waals surface area contributed by atoms with Gasteiger partial charge in [-0.25, -0.2) is 12.8 Å². The van der Waals surface area contributed by atoms with E-state index < -0.39 is 15.8 Å². The monoisotopic (exact) mass is 300 g/mol. The molecule has 0 radical (unpaired) electrons. The van der Waals surface area contributed by atoms with Crippen LogP contribution in [-0.2, 0) is 10.0 Å². The summed E-state index contributed by atoms with van der Waals surface area (Å²) in [6.45, 7) is 0. The summed E-state index contributed by atoms with van der Waals surface area (Å²) >= 11 is 5.59. The average molecular weight is 301 g/mol. The summed E-state index contributed by atoms with van der Waals surface area (Å²) in [7, 11) is -3.94. The summed E-state index contributed by atoms with van der Waals surface area (Å²) in [4.78, 5) is -0.107. The zero-order valence-electron chi connectivity index (χ0n) is 9.60. The Kier molecular flexibility index (Phi) is 3.64. The Bertz CT molecular complexity index is 719. The molecule has 2 aromatic carbocycles. The molecule has 0 saturated heterocycles. The number of halogens is 2. The molecule has 100 valence electrons.